The molecule has 0 saturated heterocycles. The van der Waals surface area contributed by atoms with Crippen LogP contribution in [0.2, 0.25) is 0 Å². The van der Waals surface area contributed by atoms with Gasteiger partial charge in [0.25, 0.3) is 0 Å². The average Bonchev–Trinajstić information content (AvgIpc) is 2.06. The Kier molecular flexibility index (Phi) is 2.49. The number of aromatic nitrogens is 1. The van der Waals surface area contributed by atoms with Crippen LogP contribution in [0.1, 0.15) is 11.3 Å². The molecule has 1 heterocycles. The summed E-state index contributed by atoms with van der Waals surface area (Å²) in [6.07, 6.45) is 4.59. The van der Waals surface area contributed by atoms with Crippen LogP contribution in [-0.4, -0.2) is 24.5 Å². The van der Waals surface area contributed by atoms with E-state index in [9.17, 15) is 0 Å². The van der Waals surface area contributed by atoms with Crippen molar-refractivity contribution in [2.45, 2.75) is 0 Å². The lowest BCUT2D eigenvalue weighted by molar-refractivity contribution is 1.28. The zero-order valence-corrected chi connectivity index (χ0v) is 6.28. The first-order valence-corrected chi connectivity index (χ1v) is 3.26. The molecule has 0 saturated carbocycles. The van der Waals surface area contributed by atoms with E-state index in [1.165, 1.54) is 6.21 Å². The Bertz CT molecular complexity index is 278. The molecule has 0 aliphatic rings. The van der Waals surface area contributed by atoms with Gasteiger partial charge in [-0.1, -0.05) is 0 Å². The second-order valence-electron chi connectivity index (χ2n) is 2.01. The van der Waals surface area contributed by atoms with Crippen molar-refractivity contribution in [3.05, 3.63) is 29.6 Å². The van der Waals surface area contributed by atoms with Crippen molar-refractivity contribution in [2.75, 3.05) is 7.05 Å². The molecule has 3 nitrogen and oxygen atoms in total. The molecule has 0 amide bonds. The molecule has 0 atom stereocenters. The minimum Gasteiger partial charge on any atom is -0.308 e. The molecule has 0 aromatic carbocycles. The van der Waals surface area contributed by atoms with Crippen LogP contribution in [0.3, 0.4) is 0 Å². The van der Waals surface area contributed by atoms with Crippen LogP contribution >= 0.6 is 0 Å². The van der Waals surface area contributed by atoms with Gasteiger partial charge in [0.2, 0.25) is 0 Å². The Hall–Kier alpha value is -1.51. The van der Waals surface area contributed by atoms with Gasteiger partial charge in [-0.3, -0.25) is 9.98 Å². The lowest BCUT2D eigenvalue weighted by atomic mass is 10.2. The maximum atomic E-state index is 7.04. The van der Waals surface area contributed by atoms with E-state index < -0.39 is 0 Å². The maximum absolute atomic E-state index is 7.04. The van der Waals surface area contributed by atoms with Crippen LogP contribution in [0, 0.1) is 5.41 Å². The standard InChI is InChI=1S/C8H9N3/c1-10-6-8-7(5-9)3-2-4-11-8/h2-6,9H,1H3. The van der Waals surface area contributed by atoms with Crippen LogP contribution in [0.4, 0.5) is 0 Å². The zero-order valence-electron chi connectivity index (χ0n) is 6.28. The maximum Gasteiger partial charge on any atom is 0.0895 e. The lowest BCUT2D eigenvalue weighted by Crippen LogP contribution is -1.93. The average molecular weight is 147 g/mol. The predicted octanol–water partition coefficient (Wildman–Crippen LogP) is 1.13. The van der Waals surface area contributed by atoms with Crippen molar-refractivity contribution in [1.82, 2.24) is 4.98 Å². The fourth-order valence-corrected chi connectivity index (χ4v) is 0.782. The molecule has 0 radical (unpaired) electrons. The second-order valence-corrected chi connectivity index (χ2v) is 2.01. The Morgan fingerprint density at radius 2 is 2.45 bits per heavy atom. The van der Waals surface area contributed by atoms with Gasteiger partial charge in [0.05, 0.1) is 5.69 Å². The van der Waals surface area contributed by atoms with Crippen LogP contribution in [0.15, 0.2) is 23.3 Å². The SMILES string of the molecule is CN=Cc1ncccc1C=N. The number of hydrogen-bond acceptors (Lipinski definition) is 3. The summed E-state index contributed by atoms with van der Waals surface area (Å²) in [4.78, 5) is 7.86. The number of hydrogen-bond donors (Lipinski definition) is 1. The fourth-order valence-electron chi connectivity index (χ4n) is 0.782. The number of rotatable bonds is 2. The van der Waals surface area contributed by atoms with E-state index in [-0.39, 0.29) is 0 Å². The normalized spacial score (nSPS) is 10.3. The zero-order chi connectivity index (χ0) is 8.10. The van der Waals surface area contributed by atoms with Gasteiger partial charge < -0.3 is 5.41 Å². The van der Waals surface area contributed by atoms with Gasteiger partial charge in [-0.2, -0.15) is 0 Å². The summed E-state index contributed by atoms with van der Waals surface area (Å²) in [6, 6.07) is 3.63. The number of nitrogens with one attached hydrogen (secondary N) is 1. The monoisotopic (exact) mass is 147 g/mol. The highest BCUT2D eigenvalue weighted by atomic mass is 14.7. The van der Waals surface area contributed by atoms with Crippen molar-refractivity contribution in [1.29, 1.82) is 5.41 Å². The third kappa shape index (κ3) is 1.70. The first kappa shape index (κ1) is 7.60. The largest absolute Gasteiger partial charge is 0.308 e. The topological polar surface area (TPSA) is 49.1 Å². The smallest absolute Gasteiger partial charge is 0.0895 e. The number of aliphatic imine (C=N–C) groups is 1. The van der Waals surface area contributed by atoms with Gasteiger partial charge in [-0.25, -0.2) is 0 Å². The Labute approximate surface area is 65.3 Å². The summed E-state index contributed by atoms with van der Waals surface area (Å²) in [6.45, 7) is 0. The van der Waals surface area contributed by atoms with Crippen molar-refractivity contribution in [2.24, 2.45) is 4.99 Å². The molecule has 0 fully saturated rings. The molecule has 1 aromatic rings. The molecular weight excluding hydrogens is 138 g/mol. The van der Waals surface area contributed by atoms with Crippen molar-refractivity contribution >= 4 is 12.4 Å². The quantitative estimate of drug-likeness (QED) is 0.626. The fraction of sp³-hybridized carbons (Fsp3) is 0.125. The summed E-state index contributed by atoms with van der Waals surface area (Å²) in [5.74, 6) is 0. The summed E-state index contributed by atoms with van der Waals surface area (Å²) in [7, 11) is 1.68. The van der Waals surface area contributed by atoms with Crippen molar-refractivity contribution < 1.29 is 0 Å². The van der Waals surface area contributed by atoms with E-state index in [0.717, 1.165) is 11.3 Å². The Morgan fingerprint density at radius 1 is 1.64 bits per heavy atom. The minimum absolute atomic E-state index is 0.741. The molecule has 0 unspecified atom stereocenters. The third-order valence-electron chi connectivity index (χ3n) is 1.28. The minimum atomic E-state index is 0.741. The molecular formula is C8H9N3. The molecule has 1 rings (SSSR count). The third-order valence-corrected chi connectivity index (χ3v) is 1.28. The molecule has 1 N–H and O–H groups in total. The molecule has 0 aliphatic carbocycles. The summed E-state index contributed by atoms with van der Waals surface area (Å²) in [5, 5.41) is 7.04. The van der Waals surface area contributed by atoms with Gasteiger partial charge >= 0.3 is 0 Å². The van der Waals surface area contributed by atoms with E-state index in [2.05, 4.69) is 9.98 Å². The summed E-state index contributed by atoms with van der Waals surface area (Å²) < 4.78 is 0. The van der Waals surface area contributed by atoms with E-state index >= 15 is 0 Å². The lowest BCUT2D eigenvalue weighted by Gasteiger charge is -1.94. The summed E-state index contributed by atoms with van der Waals surface area (Å²) in [5.41, 5.74) is 1.53. The van der Waals surface area contributed by atoms with Crippen LogP contribution < -0.4 is 0 Å². The number of pyridine rings is 1. The Morgan fingerprint density at radius 3 is 3.09 bits per heavy atom. The van der Waals surface area contributed by atoms with E-state index in [0.29, 0.717) is 0 Å². The molecule has 11 heavy (non-hydrogen) atoms. The highest BCUT2D eigenvalue weighted by Gasteiger charge is 1.94. The molecule has 0 spiro atoms. The Balaban J connectivity index is 3.11. The van der Waals surface area contributed by atoms with E-state index in [1.807, 2.05) is 6.07 Å². The molecule has 56 valence electrons. The highest BCUT2D eigenvalue weighted by molar-refractivity contribution is 5.91. The first-order valence-electron chi connectivity index (χ1n) is 3.26. The van der Waals surface area contributed by atoms with Crippen molar-refractivity contribution in [3.63, 3.8) is 0 Å². The highest BCUT2D eigenvalue weighted by Crippen LogP contribution is 1.97. The van der Waals surface area contributed by atoms with Gasteiger partial charge in [-0.15, -0.1) is 0 Å². The van der Waals surface area contributed by atoms with Crippen LogP contribution in [0.5, 0.6) is 0 Å². The van der Waals surface area contributed by atoms with Gasteiger partial charge in [0, 0.05) is 31.2 Å². The molecule has 0 aliphatic heterocycles. The van der Waals surface area contributed by atoms with Crippen LogP contribution in [-0.2, 0) is 0 Å². The van der Waals surface area contributed by atoms with E-state index in [1.54, 1.807) is 25.5 Å². The van der Waals surface area contributed by atoms with Crippen molar-refractivity contribution in [3.8, 4) is 0 Å². The van der Waals surface area contributed by atoms with Crippen LogP contribution in [0.25, 0.3) is 0 Å². The predicted molar refractivity (Wildman–Crippen MR) is 45.6 cm³/mol. The van der Waals surface area contributed by atoms with Gasteiger partial charge in [0.15, 0.2) is 0 Å². The van der Waals surface area contributed by atoms with Gasteiger partial charge in [0.1, 0.15) is 0 Å². The first-order chi connectivity index (χ1) is 5.38. The second kappa shape index (κ2) is 3.61. The number of nitrogens with zero attached hydrogens (tertiary/aromatic N) is 2. The molecule has 1 aromatic heterocycles. The van der Waals surface area contributed by atoms with Gasteiger partial charge in [-0.05, 0) is 12.1 Å². The molecule has 0 bridgehead atoms. The molecule has 3 heteroatoms. The van der Waals surface area contributed by atoms with E-state index in [4.69, 9.17) is 5.41 Å². The summed E-state index contributed by atoms with van der Waals surface area (Å²) >= 11 is 0.